The summed E-state index contributed by atoms with van der Waals surface area (Å²) in [6.07, 6.45) is 0. The zero-order valence-electron chi connectivity index (χ0n) is 29.7. The molecular formula is C52H36N2. The van der Waals surface area contributed by atoms with Gasteiger partial charge >= 0.3 is 0 Å². The Morgan fingerprint density at radius 2 is 0.926 bits per heavy atom. The molecule has 0 saturated carbocycles. The van der Waals surface area contributed by atoms with Crippen LogP contribution in [0.3, 0.4) is 0 Å². The summed E-state index contributed by atoms with van der Waals surface area (Å²) in [5, 5.41) is 5.05. The van der Waals surface area contributed by atoms with E-state index in [0.717, 1.165) is 28.3 Å². The second kappa shape index (κ2) is 13.4. The van der Waals surface area contributed by atoms with Crippen molar-refractivity contribution in [3.63, 3.8) is 0 Å². The lowest BCUT2D eigenvalue weighted by atomic mass is 9.91. The fourth-order valence-electron chi connectivity index (χ4n) is 8.12. The first-order valence-electron chi connectivity index (χ1n) is 18.5. The average molecular weight is 689 g/mol. The molecule has 10 rings (SSSR count). The summed E-state index contributed by atoms with van der Waals surface area (Å²) >= 11 is 0. The maximum atomic E-state index is 2.43. The molecule has 0 atom stereocenters. The number of para-hydroxylation sites is 3. The maximum absolute atomic E-state index is 2.43. The molecule has 10 aromatic rings. The van der Waals surface area contributed by atoms with E-state index >= 15 is 0 Å². The molecule has 0 bridgehead atoms. The van der Waals surface area contributed by atoms with E-state index in [0.29, 0.717) is 0 Å². The largest absolute Gasteiger partial charge is 0.310 e. The van der Waals surface area contributed by atoms with Gasteiger partial charge in [0.05, 0.1) is 16.7 Å². The summed E-state index contributed by atoms with van der Waals surface area (Å²) < 4.78 is 2.43. The van der Waals surface area contributed by atoms with E-state index in [4.69, 9.17) is 0 Å². The third kappa shape index (κ3) is 5.44. The van der Waals surface area contributed by atoms with Crippen molar-refractivity contribution in [2.45, 2.75) is 0 Å². The van der Waals surface area contributed by atoms with E-state index in [9.17, 15) is 0 Å². The zero-order chi connectivity index (χ0) is 35.8. The molecule has 2 heteroatoms. The highest BCUT2D eigenvalue weighted by Gasteiger charge is 2.21. The first kappa shape index (κ1) is 31.6. The molecule has 254 valence electrons. The van der Waals surface area contributed by atoms with Gasteiger partial charge in [0, 0.05) is 33.4 Å². The topological polar surface area (TPSA) is 8.17 Å². The first-order valence-corrected chi connectivity index (χ1v) is 18.5. The standard InChI is InChI=1S/C52H36N2/c1-5-17-37(18-6-1)39-29-32-47(50(35-39)53(41-20-7-2-8-21-41)42-22-9-3-10-23-42)46-28-16-15-26-44(46)40-30-33-48-51(36-40)54(43-24-11-4-12-25-43)49-34-31-38-19-13-14-27-45(38)52(48)49/h1-36H. The molecule has 0 aliphatic heterocycles. The molecule has 0 spiro atoms. The Morgan fingerprint density at radius 1 is 0.333 bits per heavy atom. The van der Waals surface area contributed by atoms with Crippen LogP contribution in [0.1, 0.15) is 0 Å². The van der Waals surface area contributed by atoms with Gasteiger partial charge in [0.15, 0.2) is 0 Å². The van der Waals surface area contributed by atoms with Gasteiger partial charge in [0.1, 0.15) is 0 Å². The Morgan fingerprint density at radius 3 is 1.65 bits per heavy atom. The second-order valence-electron chi connectivity index (χ2n) is 13.7. The summed E-state index contributed by atoms with van der Waals surface area (Å²) in [7, 11) is 0. The van der Waals surface area contributed by atoms with Crippen molar-refractivity contribution >= 4 is 49.6 Å². The van der Waals surface area contributed by atoms with E-state index in [1.807, 2.05) is 0 Å². The summed E-state index contributed by atoms with van der Waals surface area (Å²) in [4.78, 5) is 2.39. The molecule has 0 aliphatic rings. The third-order valence-corrected chi connectivity index (χ3v) is 10.6. The van der Waals surface area contributed by atoms with Crippen LogP contribution >= 0.6 is 0 Å². The highest BCUT2D eigenvalue weighted by molar-refractivity contribution is 6.21. The predicted molar refractivity (Wildman–Crippen MR) is 229 cm³/mol. The number of fused-ring (bicyclic) bond motifs is 5. The Bertz CT molecular complexity index is 2870. The van der Waals surface area contributed by atoms with Crippen LogP contribution in [-0.2, 0) is 0 Å². The third-order valence-electron chi connectivity index (χ3n) is 10.6. The fourth-order valence-corrected chi connectivity index (χ4v) is 8.12. The van der Waals surface area contributed by atoms with Crippen LogP contribution in [0, 0.1) is 0 Å². The van der Waals surface area contributed by atoms with Crippen LogP contribution in [-0.4, -0.2) is 4.57 Å². The molecule has 0 aliphatic carbocycles. The van der Waals surface area contributed by atoms with Gasteiger partial charge in [-0.2, -0.15) is 0 Å². The van der Waals surface area contributed by atoms with Gasteiger partial charge in [0.2, 0.25) is 0 Å². The number of nitrogens with zero attached hydrogens (tertiary/aromatic N) is 2. The number of anilines is 3. The molecule has 1 aromatic heterocycles. The van der Waals surface area contributed by atoms with Gasteiger partial charge < -0.3 is 9.47 Å². The number of hydrogen-bond donors (Lipinski definition) is 0. The monoisotopic (exact) mass is 688 g/mol. The summed E-state index contributed by atoms with van der Waals surface area (Å²) in [5.74, 6) is 0. The van der Waals surface area contributed by atoms with Crippen molar-refractivity contribution in [1.29, 1.82) is 0 Å². The minimum Gasteiger partial charge on any atom is -0.310 e. The van der Waals surface area contributed by atoms with Crippen LogP contribution in [0.4, 0.5) is 17.1 Å². The van der Waals surface area contributed by atoms with Crippen molar-refractivity contribution in [1.82, 2.24) is 4.57 Å². The van der Waals surface area contributed by atoms with Gasteiger partial charge in [-0.05, 0) is 93.2 Å². The molecule has 1 heterocycles. The number of hydrogen-bond acceptors (Lipinski definition) is 1. The fraction of sp³-hybridized carbons (Fsp3) is 0. The molecule has 54 heavy (non-hydrogen) atoms. The number of benzene rings is 9. The molecule has 0 amide bonds. The van der Waals surface area contributed by atoms with E-state index in [1.165, 1.54) is 60.4 Å². The molecule has 0 radical (unpaired) electrons. The SMILES string of the molecule is c1ccc(-c2ccc(-c3ccccc3-c3ccc4c5c6ccccc6ccc5n(-c5ccccc5)c4c3)c(N(c3ccccc3)c3ccccc3)c2)cc1. The summed E-state index contributed by atoms with van der Waals surface area (Å²) in [6.45, 7) is 0. The molecule has 2 nitrogen and oxygen atoms in total. The van der Waals surface area contributed by atoms with Crippen molar-refractivity contribution < 1.29 is 0 Å². The molecule has 0 N–H and O–H groups in total. The lowest BCUT2D eigenvalue weighted by Gasteiger charge is -2.29. The summed E-state index contributed by atoms with van der Waals surface area (Å²) in [6, 6.07) is 78.9. The molecule has 0 saturated heterocycles. The number of rotatable bonds is 7. The van der Waals surface area contributed by atoms with E-state index in [2.05, 4.69) is 228 Å². The Balaban J connectivity index is 1.23. The van der Waals surface area contributed by atoms with E-state index < -0.39 is 0 Å². The van der Waals surface area contributed by atoms with Crippen LogP contribution < -0.4 is 4.90 Å². The second-order valence-corrected chi connectivity index (χ2v) is 13.7. The molecule has 0 unspecified atom stereocenters. The summed E-state index contributed by atoms with van der Waals surface area (Å²) in [5.41, 5.74) is 13.9. The van der Waals surface area contributed by atoms with E-state index in [-0.39, 0.29) is 0 Å². The lowest BCUT2D eigenvalue weighted by molar-refractivity contribution is 1.18. The Kier molecular flexibility index (Phi) is 7.85. The van der Waals surface area contributed by atoms with E-state index in [1.54, 1.807) is 0 Å². The van der Waals surface area contributed by atoms with Crippen LogP contribution in [0.25, 0.3) is 71.6 Å². The minimum absolute atomic E-state index is 1.11. The number of aromatic nitrogens is 1. The van der Waals surface area contributed by atoms with Crippen molar-refractivity contribution in [2.24, 2.45) is 0 Å². The van der Waals surface area contributed by atoms with Crippen molar-refractivity contribution in [3.05, 3.63) is 218 Å². The Labute approximate surface area is 315 Å². The zero-order valence-corrected chi connectivity index (χ0v) is 29.7. The minimum atomic E-state index is 1.11. The van der Waals surface area contributed by atoms with Crippen molar-refractivity contribution in [2.75, 3.05) is 4.90 Å². The molecule has 0 fully saturated rings. The van der Waals surface area contributed by atoms with Crippen LogP contribution in [0.2, 0.25) is 0 Å². The van der Waals surface area contributed by atoms with Crippen LogP contribution in [0.5, 0.6) is 0 Å². The smallest absolute Gasteiger partial charge is 0.0547 e. The normalized spacial score (nSPS) is 11.3. The van der Waals surface area contributed by atoms with Crippen molar-refractivity contribution in [3.8, 4) is 39.1 Å². The van der Waals surface area contributed by atoms with Gasteiger partial charge in [-0.1, -0.05) is 164 Å². The Hall–Kier alpha value is -7.16. The average Bonchev–Trinajstić information content (AvgIpc) is 3.59. The predicted octanol–water partition coefficient (Wildman–Crippen LogP) is 14.4. The van der Waals surface area contributed by atoms with Gasteiger partial charge in [-0.15, -0.1) is 0 Å². The lowest BCUT2D eigenvalue weighted by Crippen LogP contribution is -2.11. The van der Waals surface area contributed by atoms with Crippen LogP contribution in [0.15, 0.2) is 218 Å². The molecular weight excluding hydrogens is 653 g/mol. The van der Waals surface area contributed by atoms with Gasteiger partial charge in [-0.25, -0.2) is 0 Å². The first-order chi connectivity index (χ1) is 26.8. The highest BCUT2D eigenvalue weighted by Crippen LogP contribution is 2.46. The van der Waals surface area contributed by atoms with Gasteiger partial charge in [-0.3, -0.25) is 0 Å². The quantitative estimate of drug-likeness (QED) is 0.162. The maximum Gasteiger partial charge on any atom is 0.0547 e. The van der Waals surface area contributed by atoms with Gasteiger partial charge in [0.25, 0.3) is 0 Å². The molecule has 9 aromatic carbocycles. The highest BCUT2D eigenvalue weighted by atomic mass is 15.1.